The van der Waals surface area contributed by atoms with Gasteiger partial charge in [0.15, 0.2) is 0 Å². The SMILES string of the molecule is COC(=O)C1C(CCC(=O)Nc2ccccc2)NC(c2ccccn2)=NC1c1ccccc1Cl. The number of amides is 1. The molecular formula is C26H25ClN4O3. The highest BCUT2D eigenvalue weighted by Gasteiger charge is 2.42. The van der Waals surface area contributed by atoms with Gasteiger partial charge in [0.1, 0.15) is 17.4 Å². The third-order valence-corrected chi connectivity index (χ3v) is 6.05. The van der Waals surface area contributed by atoms with Crippen molar-refractivity contribution < 1.29 is 14.3 Å². The Hall–Kier alpha value is -3.71. The zero-order valence-corrected chi connectivity index (χ0v) is 19.4. The van der Waals surface area contributed by atoms with Gasteiger partial charge in [-0.3, -0.25) is 19.6 Å². The van der Waals surface area contributed by atoms with E-state index in [9.17, 15) is 9.59 Å². The van der Waals surface area contributed by atoms with Crippen molar-refractivity contribution in [3.8, 4) is 0 Å². The second-order valence-electron chi connectivity index (χ2n) is 7.91. The molecule has 3 atom stereocenters. The van der Waals surface area contributed by atoms with Gasteiger partial charge in [-0.25, -0.2) is 0 Å². The number of nitrogens with one attached hydrogen (secondary N) is 2. The maximum atomic E-state index is 13.0. The number of aromatic nitrogens is 1. The predicted octanol–water partition coefficient (Wildman–Crippen LogP) is 4.40. The van der Waals surface area contributed by atoms with Gasteiger partial charge >= 0.3 is 5.97 Å². The Morgan fingerprint density at radius 1 is 1.03 bits per heavy atom. The minimum atomic E-state index is -0.679. The number of para-hydroxylation sites is 1. The number of amidine groups is 1. The lowest BCUT2D eigenvalue weighted by Gasteiger charge is -2.36. The van der Waals surface area contributed by atoms with E-state index in [4.69, 9.17) is 21.3 Å². The van der Waals surface area contributed by atoms with E-state index in [1.807, 2.05) is 66.7 Å². The molecule has 0 saturated carbocycles. The molecule has 2 aromatic carbocycles. The number of aliphatic imine (C=N–C) groups is 1. The lowest BCUT2D eigenvalue weighted by molar-refractivity contribution is -0.147. The van der Waals surface area contributed by atoms with Crippen LogP contribution in [0, 0.1) is 5.92 Å². The Kier molecular flexibility index (Phi) is 7.54. The zero-order valence-electron chi connectivity index (χ0n) is 18.6. The number of hydrogen-bond acceptors (Lipinski definition) is 6. The maximum absolute atomic E-state index is 13.0. The van der Waals surface area contributed by atoms with E-state index in [1.165, 1.54) is 7.11 Å². The largest absolute Gasteiger partial charge is 0.469 e. The molecule has 2 N–H and O–H groups in total. The number of methoxy groups -OCH3 is 1. The molecule has 8 heteroatoms. The summed E-state index contributed by atoms with van der Waals surface area (Å²) in [6.07, 6.45) is 2.26. The van der Waals surface area contributed by atoms with Gasteiger partial charge in [0.25, 0.3) is 0 Å². The highest BCUT2D eigenvalue weighted by molar-refractivity contribution is 6.31. The Morgan fingerprint density at radius 2 is 1.76 bits per heavy atom. The molecule has 7 nitrogen and oxygen atoms in total. The monoisotopic (exact) mass is 476 g/mol. The molecule has 1 aliphatic heterocycles. The van der Waals surface area contributed by atoms with E-state index in [-0.39, 0.29) is 12.3 Å². The summed E-state index contributed by atoms with van der Waals surface area (Å²) in [7, 11) is 1.35. The van der Waals surface area contributed by atoms with Crippen LogP contribution in [0.2, 0.25) is 5.02 Å². The van der Waals surface area contributed by atoms with Gasteiger partial charge in [-0.05, 0) is 42.3 Å². The summed E-state index contributed by atoms with van der Waals surface area (Å²) in [5.41, 5.74) is 2.08. The minimum Gasteiger partial charge on any atom is -0.469 e. The number of pyridine rings is 1. The summed E-state index contributed by atoms with van der Waals surface area (Å²) < 4.78 is 5.15. The average molecular weight is 477 g/mol. The summed E-state index contributed by atoms with van der Waals surface area (Å²) in [5, 5.41) is 6.73. The van der Waals surface area contributed by atoms with Crippen molar-refractivity contribution in [1.82, 2.24) is 10.3 Å². The average Bonchev–Trinajstić information content (AvgIpc) is 2.88. The first-order chi connectivity index (χ1) is 16.6. The van der Waals surface area contributed by atoms with Gasteiger partial charge in [-0.15, -0.1) is 0 Å². The number of rotatable bonds is 7. The molecule has 0 spiro atoms. The Balaban J connectivity index is 1.65. The number of ether oxygens (including phenoxy) is 1. The van der Waals surface area contributed by atoms with E-state index in [2.05, 4.69) is 15.6 Å². The van der Waals surface area contributed by atoms with Crippen molar-refractivity contribution in [3.05, 3.63) is 95.3 Å². The summed E-state index contributed by atoms with van der Waals surface area (Å²) in [6, 6.07) is 21.1. The summed E-state index contributed by atoms with van der Waals surface area (Å²) in [6.45, 7) is 0. The molecule has 0 aliphatic carbocycles. The molecule has 1 aromatic heterocycles. The lowest BCUT2D eigenvalue weighted by atomic mass is 9.83. The highest BCUT2D eigenvalue weighted by Crippen LogP contribution is 2.38. The quantitative estimate of drug-likeness (QED) is 0.493. The fourth-order valence-corrected chi connectivity index (χ4v) is 4.32. The fraction of sp³-hybridized carbons (Fsp3) is 0.231. The summed E-state index contributed by atoms with van der Waals surface area (Å²) in [4.78, 5) is 34.8. The van der Waals surface area contributed by atoms with Crippen molar-refractivity contribution in [2.45, 2.75) is 24.9 Å². The van der Waals surface area contributed by atoms with Crippen molar-refractivity contribution in [2.75, 3.05) is 12.4 Å². The molecular weight excluding hydrogens is 452 g/mol. The highest BCUT2D eigenvalue weighted by atomic mass is 35.5. The topological polar surface area (TPSA) is 92.7 Å². The van der Waals surface area contributed by atoms with E-state index >= 15 is 0 Å². The first-order valence-corrected chi connectivity index (χ1v) is 11.4. The van der Waals surface area contributed by atoms with Crippen molar-refractivity contribution in [2.24, 2.45) is 10.9 Å². The number of hydrogen-bond donors (Lipinski definition) is 2. The number of esters is 1. The first-order valence-electron chi connectivity index (χ1n) is 11.0. The second-order valence-corrected chi connectivity index (χ2v) is 8.32. The van der Waals surface area contributed by atoms with Crippen LogP contribution in [0.5, 0.6) is 0 Å². The first kappa shape index (κ1) is 23.4. The summed E-state index contributed by atoms with van der Waals surface area (Å²) in [5.74, 6) is -0.705. The van der Waals surface area contributed by atoms with Gasteiger partial charge in [-0.1, -0.05) is 54.1 Å². The van der Waals surface area contributed by atoms with Crippen LogP contribution in [0.1, 0.15) is 30.1 Å². The van der Waals surface area contributed by atoms with Crippen LogP contribution in [0.3, 0.4) is 0 Å². The predicted molar refractivity (Wildman–Crippen MR) is 132 cm³/mol. The van der Waals surface area contributed by atoms with Crippen LogP contribution < -0.4 is 10.6 Å². The van der Waals surface area contributed by atoms with Gasteiger partial charge in [0, 0.05) is 29.4 Å². The Bertz CT molecular complexity index is 1170. The molecule has 4 rings (SSSR count). The molecule has 174 valence electrons. The van der Waals surface area contributed by atoms with Crippen molar-refractivity contribution in [3.63, 3.8) is 0 Å². The van der Waals surface area contributed by atoms with E-state index in [0.29, 0.717) is 28.5 Å². The number of halogens is 1. The molecule has 1 aliphatic rings. The second kappa shape index (κ2) is 10.9. The molecule has 2 heterocycles. The van der Waals surface area contributed by atoms with E-state index < -0.39 is 24.0 Å². The number of nitrogens with zero attached hydrogens (tertiary/aromatic N) is 2. The zero-order chi connectivity index (χ0) is 23.9. The Labute approximate surface area is 203 Å². The number of carbonyl (C=O) groups is 2. The number of benzene rings is 2. The van der Waals surface area contributed by atoms with Crippen LogP contribution in [0.15, 0.2) is 84.0 Å². The van der Waals surface area contributed by atoms with E-state index in [1.54, 1.807) is 12.3 Å². The van der Waals surface area contributed by atoms with Crippen molar-refractivity contribution in [1.29, 1.82) is 0 Å². The molecule has 0 saturated heterocycles. The third kappa shape index (κ3) is 5.43. The van der Waals surface area contributed by atoms with Gasteiger partial charge < -0.3 is 15.4 Å². The van der Waals surface area contributed by atoms with E-state index in [0.717, 1.165) is 5.69 Å². The minimum absolute atomic E-state index is 0.146. The van der Waals surface area contributed by atoms with Gasteiger partial charge in [-0.2, -0.15) is 0 Å². The third-order valence-electron chi connectivity index (χ3n) is 5.71. The molecule has 0 bridgehead atoms. The number of anilines is 1. The smallest absolute Gasteiger partial charge is 0.313 e. The standard InChI is InChI=1S/C26H25ClN4O3/c1-34-26(33)23-20(14-15-22(32)29-17-9-3-2-4-10-17)30-25(21-13-7-8-16-28-21)31-24(23)18-11-5-6-12-19(18)27/h2-13,16,20,23-24H,14-15H2,1H3,(H,29,32)(H,30,31). The lowest BCUT2D eigenvalue weighted by Crippen LogP contribution is -2.50. The van der Waals surface area contributed by atoms with Crippen LogP contribution in [-0.2, 0) is 14.3 Å². The molecule has 1 amide bonds. The van der Waals surface area contributed by atoms with Crippen LogP contribution in [0.4, 0.5) is 5.69 Å². The molecule has 3 aromatic rings. The molecule has 34 heavy (non-hydrogen) atoms. The maximum Gasteiger partial charge on any atom is 0.313 e. The molecule has 3 unspecified atom stereocenters. The summed E-state index contributed by atoms with van der Waals surface area (Å²) >= 11 is 6.51. The normalized spacial score (nSPS) is 19.5. The fourth-order valence-electron chi connectivity index (χ4n) is 4.08. The van der Waals surface area contributed by atoms with Crippen LogP contribution in [-0.4, -0.2) is 35.8 Å². The number of carbonyl (C=O) groups excluding carboxylic acids is 2. The van der Waals surface area contributed by atoms with Crippen LogP contribution in [0.25, 0.3) is 0 Å². The Morgan fingerprint density at radius 3 is 2.47 bits per heavy atom. The van der Waals surface area contributed by atoms with Crippen molar-refractivity contribution >= 4 is 35.0 Å². The molecule has 0 radical (unpaired) electrons. The van der Waals surface area contributed by atoms with Gasteiger partial charge in [0.05, 0.1) is 13.2 Å². The van der Waals surface area contributed by atoms with Crippen LogP contribution >= 0.6 is 11.6 Å². The molecule has 0 fully saturated rings. The van der Waals surface area contributed by atoms with Gasteiger partial charge in [0.2, 0.25) is 5.91 Å².